The van der Waals surface area contributed by atoms with Crippen molar-refractivity contribution in [3.8, 4) is 0 Å². The Labute approximate surface area is 324 Å². The van der Waals surface area contributed by atoms with Crippen LogP contribution in [0.3, 0.4) is 0 Å². The van der Waals surface area contributed by atoms with E-state index in [1.165, 1.54) is 167 Å². The zero-order valence-electron chi connectivity index (χ0n) is 34.3. The van der Waals surface area contributed by atoms with Crippen LogP contribution in [0.1, 0.15) is 219 Å². The highest BCUT2D eigenvalue weighted by Gasteiger charge is 2.27. The Morgan fingerprint density at radius 1 is 0.491 bits per heavy atom. The van der Waals surface area contributed by atoms with Crippen molar-refractivity contribution in [3.63, 3.8) is 0 Å². The summed E-state index contributed by atoms with van der Waals surface area (Å²) in [7, 11) is -4.58. The Balaban J connectivity index is 3.61. The van der Waals surface area contributed by atoms with Crippen LogP contribution in [0.15, 0.2) is 0 Å². The molecule has 0 aromatic carbocycles. The van der Waals surface area contributed by atoms with Crippen molar-refractivity contribution in [2.24, 2.45) is 0 Å². The second kappa shape index (κ2) is 39.2. The fourth-order valence-corrected chi connectivity index (χ4v) is 7.18. The van der Waals surface area contributed by atoms with Gasteiger partial charge in [0.15, 0.2) is 6.10 Å². The van der Waals surface area contributed by atoms with E-state index in [1.54, 1.807) is 6.92 Å². The normalized spacial score (nSPS) is 13.8. The maximum Gasteiger partial charge on any atom is 0.472 e. The highest BCUT2D eigenvalue weighted by Crippen LogP contribution is 2.43. The summed E-state index contributed by atoms with van der Waals surface area (Å²) in [6.45, 7) is 1.99. The predicted molar refractivity (Wildman–Crippen MR) is 215 cm³/mol. The van der Waals surface area contributed by atoms with E-state index in [2.05, 4.69) is 11.4 Å². The summed E-state index contributed by atoms with van der Waals surface area (Å²) in [5.74, 6) is -0.974. The lowest BCUT2D eigenvalue weighted by Gasteiger charge is -2.20. The molecule has 1 unspecified atom stereocenters. The van der Waals surface area contributed by atoms with Crippen molar-refractivity contribution in [2.75, 3.05) is 26.4 Å². The smallest absolute Gasteiger partial charge is 0.462 e. The van der Waals surface area contributed by atoms with Crippen LogP contribution in [0.25, 0.3) is 0 Å². The molecule has 0 amide bonds. The number of unbranched alkanes of at least 4 members (excludes halogenated alkanes) is 28. The molecule has 0 aliphatic rings. The first-order valence-electron chi connectivity index (χ1n) is 22.0. The average molecular weight is 779 g/mol. The van der Waals surface area contributed by atoms with Gasteiger partial charge in [0, 0.05) is 12.8 Å². The van der Waals surface area contributed by atoms with Crippen LogP contribution >= 0.6 is 7.82 Å². The SMILES string of the molecule is CCCCCCCCCCCCCCCCCCCCCCCCCCCCCCCC(=O)OC[C@H](COP(=O)(O)OC[C@@H](O)CO)OC(=O)CCC. The molecule has 0 aliphatic carbocycles. The second-order valence-corrected chi connectivity index (χ2v) is 16.5. The number of carbonyl (C=O) groups is 2. The summed E-state index contributed by atoms with van der Waals surface area (Å²) in [6.07, 6.45) is 37.4. The average Bonchev–Trinajstić information content (AvgIpc) is 3.14. The highest BCUT2D eigenvalue weighted by molar-refractivity contribution is 7.47. The van der Waals surface area contributed by atoms with Crippen molar-refractivity contribution in [1.29, 1.82) is 0 Å². The Bertz CT molecular complexity index is 858. The molecular formula is C42H83O10P. The zero-order valence-corrected chi connectivity index (χ0v) is 35.2. The van der Waals surface area contributed by atoms with Gasteiger partial charge in [-0.15, -0.1) is 0 Å². The van der Waals surface area contributed by atoms with Crippen LogP contribution in [-0.4, -0.2) is 65.7 Å². The number of hydrogen-bond acceptors (Lipinski definition) is 9. The molecule has 0 spiro atoms. The molecule has 11 heteroatoms. The zero-order chi connectivity index (χ0) is 39.1. The summed E-state index contributed by atoms with van der Waals surface area (Å²) < 4.78 is 31.9. The number of aliphatic hydroxyl groups is 2. The molecule has 0 rings (SSSR count). The van der Waals surface area contributed by atoms with Crippen molar-refractivity contribution < 1.29 is 47.8 Å². The summed E-state index contributed by atoms with van der Waals surface area (Å²) in [5.41, 5.74) is 0. The topological polar surface area (TPSA) is 149 Å². The third kappa shape index (κ3) is 39.0. The number of phosphoric acid groups is 1. The predicted octanol–water partition coefficient (Wildman–Crippen LogP) is 11.5. The summed E-state index contributed by atoms with van der Waals surface area (Å²) in [5, 5.41) is 18.1. The van der Waals surface area contributed by atoms with Crippen molar-refractivity contribution >= 4 is 19.8 Å². The number of rotatable bonds is 42. The molecule has 0 bridgehead atoms. The maximum absolute atomic E-state index is 12.2. The minimum absolute atomic E-state index is 0.139. The van der Waals surface area contributed by atoms with E-state index in [0.29, 0.717) is 12.8 Å². The molecule has 0 radical (unpaired) electrons. The fraction of sp³-hybridized carbons (Fsp3) is 0.952. The van der Waals surface area contributed by atoms with Crippen molar-refractivity contribution in [3.05, 3.63) is 0 Å². The Kier molecular flexibility index (Phi) is 38.5. The van der Waals surface area contributed by atoms with E-state index < -0.39 is 51.8 Å². The van der Waals surface area contributed by atoms with Crippen LogP contribution in [0.5, 0.6) is 0 Å². The van der Waals surface area contributed by atoms with Crippen molar-refractivity contribution in [1.82, 2.24) is 0 Å². The van der Waals surface area contributed by atoms with Gasteiger partial charge in [0.2, 0.25) is 0 Å². The molecule has 316 valence electrons. The molecule has 0 aromatic heterocycles. The number of ether oxygens (including phenoxy) is 2. The fourth-order valence-electron chi connectivity index (χ4n) is 6.39. The maximum atomic E-state index is 12.2. The standard InChI is InChI=1S/C42H83O10P/c1-3-5-6-7-8-9-10-11-12-13-14-15-16-17-18-19-20-21-22-23-24-25-26-27-28-29-30-31-32-34-41(45)49-37-40(52-42(46)33-4-2)38-51-53(47,48)50-36-39(44)35-43/h39-40,43-44H,3-38H2,1-2H3,(H,47,48)/t39-,40+/m0/s1. The van der Waals surface area contributed by atoms with Gasteiger partial charge in [-0.1, -0.05) is 194 Å². The lowest BCUT2D eigenvalue weighted by molar-refractivity contribution is -0.161. The van der Waals surface area contributed by atoms with Gasteiger partial charge in [-0.3, -0.25) is 18.6 Å². The van der Waals surface area contributed by atoms with E-state index in [1.807, 2.05) is 0 Å². The first-order chi connectivity index (χ1) is 25.7. The Hall–Kier alpha value is -1.03. The van der Waals surface area contributed by atoms with Gasteiger partial charge in [0.25, 0.3) is 0 Å². The molecule has 3 N–H and O–H groups in total. The van der Waals surface area contributed by atoms with Gasteiger partial charge in [-0.05, 0) is 12.8 Å². The second-order valence-electron chi connectivity index (χ2n) is 15.1. The van der Waals surface area contributed by atoms with Gasteiger partial charge in [0.1, 0.15) is 12.7 Å². The monoisotopic (exact) mass is 779 g/mol. The summed E-state index contributed by atoms with van der Waals surface area (Å²) >= 11 is 0. The first-order valence-corrected chi connectivity index (χ1v) is 23.5. The minimum Gasteiger partial charge on any atom is -0.462 e. The van der Waals surface area contributed by atoms with E-state index in [9.17, 15) is 24.2 Å². The van der Waals surface area contributed by atoms with Gasteiger partial charge in [-0.25, -0.2) is 4.57 Å². The van der Waals surface area contributed by atoms with E-state index in [4.69, 9.17) is 19.1 Å². The largest absolute Gasteiger partial charge is 0.472 e. The minimum atomic E-state index is -4.58. The molecule has 0 aromatic rings. The number of hydrogen-bond donors (Lipinski definition) is 3. The number of carbonyl (C=O) groups excluding carboxylic acids is 2. The molecule has 3 atom stereocenters. The van der Waals surface area contributed by atoms with Crippen LogP contribution in [0.2, 0.25) is 0 Å². The molecule has 0 aliphatic heterocycles. The highest BCUT2D eigenvalue weighted by atomic mass is 31.2. The van der Waals surface area contributed by atoms with Crippen molar-refractivity contribution in [2.45, 2.75) is 232 Å². The Morgan fingerprint density at radius 2 is 0.849 bits per heavy atom. The summed E-state index contributed by atoms with van der Waals surface area (Å²) in [6, 6.07) is 0. The first kappa shape index (κ1) is 52.0. The van der Waals surface area contributed by atoms with Crippen LogP contribution in [0.4, 0.5) is 0 Å². The number of esters is 2. The molecule has 0 saturated carbocycles. The third-order valence-electron chi connectivity index (χ3n) is 9.73. The molecule has 0 heterocycles. The van der Waals surface area contributed by atoms with Crippen LogP contribution in [-0.2, 0) is 32.7 Å². The van der Waals surface area contributed by atoms with Gasteiger partial charge in [0.05, 0.1) is 19.8 Å². The summed E-state index contributed by atoms with van der Waals surface area (Å²) in [4.78, 5) is 33.9. The van der Waals surface area contributed by atoms with Crippen LogP contribution < -0.4 is 0 Å². The quantitative estimate of drug-likeness (QED) is 0.0310. The molecular weight excluding hydrogens is 695 g/mol. The third-order valence-corrected chi connectivity index (χ3v) is 10.7. The molecule has 0 saturated heterocycles. The Morgan fingerprint density at radius 3 is 1.21 bits per heavy atom. The lowest BCUT2D eigenvalue weighted by Crippen LogP contribution is -2.29. The van der Waals surface area contributed by atoms with Gasteiger partial charge in [-0.2, -0.15) is 0 Å². The van der Waals surface area contributed by atoms with Gasteiger partial charge < -0.3 is 24.6 Å². The molecule has 53 heavy (non-hydrogen) atoms. The van der Waals surface area contributed by atoms with E-state index in [-0.39, 0.29) is 19.4 Å². The van der Waals surface area contributed by atoms with E-state index in [0.717, 1.165) is 12.8 Å². The molecule has 0 fully saturated rings. The van der Waals surface area contributed by atoms with E-state index >= 15 is 0 Å². The number of phosphoric ester groups is 1. The lowest BCUT2D eigenvalue weighted by atomic mass is 10.0. The number of aliphatic hydroxyl groups excluding tert-OH is 2. The van der Waals surface area contributed by atoms with Gasteiger partial charge >= 0.3 is 19.8 Å². The van der Waals surface area contributed by atoms with Crippen LogP contribution in [0, 0.1) is 0 Å². The molecule has 10 nitrogen and oxygen atoms in total.